The summed E-state index contributed by atoms with van der Waals surface area (Å²) in [5, 5.41) is -0.153. The Hall–Kier alpha value is -0.130. The highest BCUT2D eigenvalue weighted by Crippen LogP contribution is 2.28. The van der Waals surface area contributed by atoms with Gasteiger partial charge in [-0.3, -0.25) is 0 Å². The van der Waals surface area contributed by atoms with Crippen LogP contribution in [0.3, 0.4) is 0 Å². The van der Waals surface area contributed by atoms with Crippen LogP contribution < -0.4 is 5.73 Å². The van der Waals surface area contributed by atoms with Gasteiger partial charge in [0.2, 0.25) is 0 Å². The van der Waals surface area contributed by atoms with E-state index in [1.54, 1.807) is 0 Å². The fourth-order valence-corrected chi connectivity index (χ4v) is 3.94. The van der Waals surface area contributed by atoms with E-state index in [2.05, 4.69) is 25.8 Å². The molecule has 4 nitrogen and oxygen atoms in total. The standard InChI is InChI=1S/C13H28N2O2S/c1-13(2,9-14)10-15(3)11-6-5-7-12(8-11)18(4,16)17/h11-12H,5-10,14H2,1-4H3. The van der Waals surface area contributed by atoms with Gasteiger partial charge in [0.05, 0.1) is 5.25 Å². The van der Waals surface area contributed by atoms with E-state index in [0.29, 0.717) is 12.6 Å². The molecule has 18 heavy (non-hydrogen) atoms. The van der Waals surface area contributed by atoms with Crippen LogP contribution in [0.2, 0.25) is 0 Å². The molecule has 2 atom stereocenters. The highest BCUT2D eigenvalue weighted by Gasteiger charge is 2.32. The number of nitrogens with zero attached hydrogens (tertiary/aromatic N) is 1. The smallest absolute Gasteiger partial charge is 0.150 e. The van der Waals surface area contributed by atoms with Gasteiger partial charge in [0, 0.05) is 18.8 Å². The molecule has 2 N–H and O–H groups in total. The lowest BCUT2D eigenvalue weighted by Gasteiger charge is -2.38. The predicted molar refractivity (Wildman–Crippen MR) is 76.4 cm³/mol. The van der Waals surface area contributed by atoms with Gasteiger partial charge in [-0.05, 0) is 38.3 Å². The van der Waals surface area contributed by atoms with E-state index in [-0.39, 0.29) is 10.7 Å². The first-order valence-corrected chi connectivity index (χ1v) is 8.70. The molecule has 0 aliphatic heterocycles. The molecule has 1 aliphatic rings. The number of hydrogen-bond acceptors (Lipinski definition) is 4. The van der Waals surface area contributed by atoms with Gasteiger partial charge < -0.3 is 10.6 Å². The normalized spacial score (nSPS) is 26.6. The van der Waals surface area contributed by atoms with Crippen molar-refractivity contribution in [3.8, 4) is 0 Å². The van der Waals surface area contributed by atoms with Gasteiger partial charge in [-0.1, -0.05) is 20.3 Å². The molecule has 1 rings (SSSR count). The lowest BCUT2D eigenvalue weighted by molar-refractivity contribution is 0.137. The second-order valence-electron chi connectivity index (χ2n) is 6.56. The van der Waals surface area contributed by atoms with Crippen LogP contribution in [0.1, 0.15) is 39.5 Å². The van der Waals surface area contributed by atoms with Crippen molar-refractivity contribution < 1.29 is 8.42 Å². The quantitative estimate of drug-likeness (QED) is 0.821. The van der Waals surface area contributed by atoms with Gasteiger partial charge in [-0.15, -0.1) is 0 Å². The molecule has 1 saturated carbocycles. The first-order chi connectivity index (χ1) is 8.15. The van der Waals surface area contributed by atoms with Gasteiger partial charge in [0.1, 0.15) is 9.84 Å². The Bertz CT molecular complexity index is 365. The fraction of sp³-hybridized carbons (Fsp3) is 1.00. The molecular formula is C13H28N2O2S. The minimum atomic E-state index is -2.89. The summed E-state index contributed by atoms with van der Waals surface area (Å²) >= 11 is 0. The van der Waals surface area contributed by atoms with Gasteiger partial charge in [-0.25, -0.2) is 8.42 Å². The summed E-state index contributed by atoms with van der Waals surface area (Å²) in [5.41, 5.74) is 5.85. The molecule has 1 aliphatic carbocycles. The van der Waals surface area contributed by atoms with E-state index in [9.17, 15) is 8.42 Å². The summed E-state index contributed by atoms with van der Waals surface area (Å²) in [5.74, 6) is 0. The van der Waals surface area contributed by atoms with Crippen molar-refractivity contribution in [1.82, 2.24) is 4.90 Å². The highest BCUT2D eigenvalue weighted by molar-refractivity contribution is 7.91. The summed E-state index contributed by atoms with van der Waals surface area (Å²) < 4.78 is 23.3. The van der Waals surface area contributed by atoms with Crippen molar-refractivity contribution in [2.75, 3.05) is 26.4 Å². The zero-order valence-electron chi connectivity index (χ0n) is 12.1. The molecular weight excluding hydrogens is 248 g/mol. The summed E-state index contributed by atoms with van der Waals surface area (Å²) in [7, 11) is -0.803. The Labute approximate surface area is 112 Å². The Morgan fingerprint density at radius 1 is 1.33 bits per heavy atom. The monoisotopic (exact) mass is 276 g/mol. The Morgan fingerprint density at radius 2 is 1.94 bits per heavy atom. The van der Waals surface area contributed by atoms with Crippen LogP contribution in [0.25, 0.3) is 0 Å². The third-order valence-electron chi connectivity index (χ3n) is 4.06. The lowest BCUT2D eigenvalue weighted by Crippen LogP contribution is -2.45. The minimum absolute atomic E-state index is 0.0901. The molecule has 108 valence electrons. The number of hydrogen-bond donors (Lipinski definition) is 1. The SMILES string of the molecule is CN(CC(C)(C)CN)C1CCCC(S(C)(=O)=O)C1. The van der Waals surface area contributed by atoms with Crippen molar-refractivity contribution >= 4 is 9.84 Å². The van der Waals surface area contributed by atoms with Crippen LogP contribution in [0.5, 0.6) is 0 Å². The van der Waals surface area contributed by atoms with Crippen molar-refractivity contribution in [3.05, 3.63) is 0 Å². The van der Waals surface area contributed by atoms with E-state index < -0.39 is 9.84 Å². The molecule has 5 heteroatoms. The van der Waals surface area contributed by atoms with E-state index in [4.69, 9.17) is 5.73 Å². The van der Waals surface area contributed by atoms with Crippen molar-refractivity contribution in [3.63, 3.8) is 0 Å². The van der Waals surface area contributed by atoms with Gasteiger partial charge in [-0.2, -0.15) is 0 Å². The van der Waals surface area contributed by atoms with Gasteiger partial charge in [0.25, 0.3) is 0 Å². The van der Waals surface area contributed by atoms with Crippen LogP contribution >= 0.6 is 0 Å². The minimum Gasteiger partial charge on any atom is -0.330 e. The Kier molecular flexibility index (Phi) is 5.21. The van der Waals surface area contributed by atoms with Crippen molar-refractivity contribution in [2.24, 2.45) is 11.1 Å². The first-order valence-electron chi connectivity index (χ1n) is 6.75. The average molecular weight is 276 g/mol. The van der Waals surface area contributed by atoms with Crippen LogP contribution in [0, 0.1) is 5.41 Å². The molecule has 0 aromatic heterocycles. The summed E-state index contributed by atoms with van der Waals surface area (Å²) in [6.07, 6.45) is 5.07. The van der Waals surface area contributed by atoms with E-state index in [1.807, 2.05) is 0 Å². The third-order valence-corrected chi connectivity index (χ3v) is 5.70. The van der Waals surface area contributed by atoms with Gasteiger partial charge >= 0.3 is 0 Å². The fourth-order valence-electron chi connectivity index (χ4n) is 2.78. The van der Waals surface area contributed by atoms with Crippen molar-refractivity contribution in [1.29, 1.82) is 0 Å². The van der Waals surface area contributed by atoms with Crippen LogP contribution in [-0.4, -0.2) is 51.0 Å². The average Bonchev–Trinajstić information content (AvgIpc) is 2.27. The second kappa shape index (κ2) is 5.88. The Morgan fingerprint density at radius 3 is 2.44 bits per heavy atom. The first kappa shape index (κ1) is 15.9. The van der Waals surface area contributed by atoms with Gasteiger partial charge in [0.15, 0.2) is 0 Å². The summed E-state index contributed by atoms with van der Waals surface area (Å²) in [6.45, 7) is 5.88. The zero-order chi connectivity index (χ0) is 14.0. The topological polar surface area (TPSA) is 63.4 Å². The molecule has 0 aromatic carbocycles. The van der Waals surface area contributed by atoms with E-state index in [1.165, 1.54) is 6.26 Å². The molecule has 0 spiro atoms. The predicted octanol–water partition coefficient (Wildman–Crippen LogP) is 1.26. The molecule has 0 bridgehead atoms. The maximum absolute atomic E-state index is 11.7. The molecule has 0 radical (unpaired) electrons. The van der Waals surface area contributed by atoms with Crippen LogP contribution in [-0.2, 0) is 9.84 Å². The number of rotatable bonds is 5. The second-order valence-corrected chi connectivity index (χ2v) is 8.88. The van der Waals surface area contributed by atoms with E-state index >= 15 is 0 Å². The number of sulfone groups is 1. The maximum atomic E-state index is 11.7. The zero-order valence-corrected chi connectivity index (χ0v) is 13.0. The maximum Gasteiger partial charge on any atom is 0.150 e. The molecule has 0 amide bonds. The van der Waals surface area contributed by atoms with E-state index in [0.717, 1.165) is 32.2 Å². The highest BCUT2D eigenvalue weighted by atomic mass is 32.2. The third kappa shape index (κ3) is 4.52. The van der Waals surface area contributed by atoms with Crippen LogP contribution in [0.4, 0.5) is 0 Å². The van der Waals surface area contributed by atoms with Crippen molar-refractivity contribution in [2.45, 2.75) is 50.8 Å². The Balaban J connectivity index is 2.61. The molecule has 2 unspecified atom stereocenters. The molecule has 0 saturated heterocycles. The van der Waals surface area contributed by atoms with Crippen LogP contribution in [0.15, 0.2) is 0 Å². The molecule has 0 aromatic rings. The lowest BCUT2D eigenvalue weighted by atomic mass is 9.89. The molecule has 0 heterocycles. The number of nitrogens with two attached hydrogens (primary N) is 1. The molecule has 1 fully saturated rings. The summed E-state index contributed by atoms with van der Waals surface area (Å²) in [6, 6.07) is 0.379. The summed E-state index contributed by atoms with van der Waals surface area (Å²) in [4.78, 5) is 2.30. The largest absolute Gasteiger partial charge is 0.330 e.